The van der Waals surface area contributed by atoms with Crippen molar-refractivity contribution in [2.75, 3.05) is 19.8 Å². The monoisotopic (exact) mass is 668 g/mol. The lowest BCUT2D eigenvalue weighted by atomic mass is 10.1. The molecule has 7 rings (SSSR count). The lowest BCUT2D eigenvalue weighted by molar-refractivity contribution is -0.133. The van der Waals surface area contributed by atoms with Crippen LogP contribution in [0.4, 0.5) is 0 Å². The number of amides is 1. The fourth-order valence-corrected chi connectivity index (χ4v) is 9.66. The lowest BCUT2D eigenvalue weighted by Crippen LogP contribution is -2.53. The number of thiophene rings is 2. The molecule has 1 aliphatic heterocycles. The maximum Gasteiger partial charge on any atom is 0.245 e. The van der Waals surface area contributed by atoms with Gasteiger partial charge in [0.05, 0.1) is 6.61 Å². The molecule has 0 radical (unpaired) electrons. The van der Waals surface area contributed by atoms with Gasteiger partial charge in [-0.05, 0) is 56.0 Å². The van der Waals surface area contributed by atoms with E-state index >= 15 is 0 Å². The predicted octanol–water partition coefficient (Wildman–Crippen LogP) is 4.35. The second-order valence-electron chi connectivity index (χ2n) is 11.2. The number of rotatable bonds is 7. The number of carbonyl (C=O) groups excluding carboxylic acids is 1. The topological polar surface area (TPSA) is 144 Å². The highest BCUT2D eigenvalue weighted by Crippen LogP contribution is 2.41. The zero-order valence-corrected chi connectivity index (χ0v) is 27.3. The van der Waals surface area contributed by atoms with Crippen molar-refractivity contribution >= 4 is 76.9 Å². The highest BCUT2D eigenvalue weighted by Gasteiger charge is 2.34. The molecule has 0 spiro atoms. The molecule has 1 saturated carbocycles. The van der Waals surface area contributed by atoms with E-state index in [-0.39, 0.29) is 30.2 Å². The first kappa shape index (κ1) is 29.8. The average Bonchev–Trinajstić information content (AvgIpc) is 3.80. The number of aryl methyl sites for hydroxylation is 1. The van der Waals surface area contributed by atoms with Crippen LogP contribution < -0.4 is 11.1 Å². The van der Waals surface area contributed by atoms with Crippen LogP contribution in [0.2, 0.25) is 0 Å². The first-order valence-electron chi connectivity index (χ1n) is 14.6. The number of hydrogen-bond acceptors (Lipinski definition) is 12. The van der Waals surface area contributed by atoms with Gasteiger partial charge in [0.15, 0.2) is 5.65 Å². The molecule has 6 heterocycles. The third-order valence-corrected chi connectivity index (χ3v) is 12.0. The van der Waals surface area contributed by atoms with Crippen LogP contribution >= 0.6 is 46.2 Å². The van der Waals surface area contributed by atoms with Gasteiger partial charge in [0.25, 0.3) is 0 Å². The number of carbonyl (C=O) groups is 1. The minimum atomic E-state index is -1.31. The smallest absolute Gasteiger partial charge is 0.245 e. The van der Waals surface area contributed by atoms with Crippen molar-refractivity contribution in [3.63, 3.8) is 0 Å². The van der Waals surface area contributed by atoms with E-state index < -0.39 is 6.23 Å². The number of aliphatic hydroxyl groups is 1. The number of hydrogen-bond donors (Lipinski definition) is 3. The number of aliphatic hydroxyl groups excluding tert-OH is 1. The zero-order valence-electron chi connectivity index (χ0n) is 24.0. The second-order valence-corrected chi connectivity index (χ2v) is 14.7. The molecular weight excluding hydrogens is 637 g/mol. The molecule has 5 aromatic rings. The highest BCUT2D eigenvalue weighted by molar-refractivity contribution is 7.80. The van der Waals surface area contributed by atoms with E-state index in [0.29, 0.717) is 58.3 Å². The fraction of sp³-hybridized carbons (Fsp3) is 0.448. The average molecular weight is 669 g/mol. The molecule has 11 nitrogen and oxygen atoms in total. The Labute approximate surface area is 271 Å². The van der Waals surface area contributed by atoms with Gasteiger partial charge < -0.3 is 25.8 Å². The molecule has 44 heavy (non-hydrogen) atoms. The molecule has 4 atom stereocenters. The van der Waals surface area contributed by atoms with E-state index in [1.165, 1.54) is 30.3 Å². The minimum Gasteiger partial charge on any atom is -0.379 e. The lowest BCUT2D eigenvalue weighted by Gasteiger charge is -2.31. The van der Waals surface area contributed by atoms with E-state index in [4.69, 9.17) is 27.7 Å². The van der Waals surface area contributed by atoms with Crippen LogP contribution in [0.5, 0.6) is 0 Å². The Kier molecular flexibility index (Phi) is 8.43. The summed E-state index contributed by atoms with van der Waals surface area (Å²) in [6.07, 6.45) is 5.97. The van der Waals surface area contributed by atoms with Crippen LogP contribution in [0.1, 0.15) is 54.2 Å². The molecule has 3 unspecified atom stereocenters. The third-order valence-electron chi connectivity index (χ3n) is 8.21. The van der Waals surface area contributed by atoms with Crippen molar-refractivity contribution in [2.45, 2.75) is 63.4 Å². The van der Waals surface area contributed by atoms with Crippen molar-refractivity contribution in [3.05, 3.63) is 46.3 Å². The van der Waals surface area contributed by atoms with Gasteiger partial charge >= 0.3 is 0 Å². The molecule has 1 saturated heterocycles. The summed E-state index contributed by atoms with van der Waals surface area (Å²) in [5.74, 6) is 1.03. The summed E-state index contributed by atoms with van der Waals surface area (Å²) >= 11 is 11.0. The van der Waals surface area contributed by atoms with E-state index in [2.05, 4.69) is 37.9 Å². The molecule has 4 N–H and O–H groups in total. The largest absolute Gasteiger partial charge is 0.379 e. The van der Waals surface area contributed by atoms with E-state index in [1.807, 2.05) is 18.3 Å². The SMILES string of the molecule is Cc1ncc(-c2nc3c(s2)c(C(N)O)nn3CC(=O)N2CCCOC[C@H]2C(=S)NC2CCC(c3cc4sccc4s3)C2)cn1. The molecule has 1 amide bonds. The van der Waals surface area contributed by atoms with Crippen LogP contribution in [0, 0.1) is 6.92 Å². The molecular formula is C29H32N8O3S4. The van der Waals surface area contributed by atoms with Crippen molar-refractivity contribution < 1.29 is 14.6 Å². The van der Waals surface area contributed by atoms with Crippen molar-refractivity contribution in [1.82, 2.24) is 34.9 Å². The molecule has 2 fully saturated rings. The number of thiocarbonyl (C=S) groups is 1. The van der Waals surface area contributed by atoms with Gasteiger partial charge in [-0.15, -0.1) is 34.0 Å². The fourth-order valence-electron chi connectivity index (χ4n) is 5.97. The number of ether oxygens (including phenoxy) is 1. The zero-order chi connectivity index (χ0) is 30.4. The highest BCUT2D eigenvalue weighted by atomic mass is 32.1. The van der Waals surface area contributed by atoms with Crippen LogP contribution in [0.25, 0.3) is 30.3 Å². The third kappa shape index (κ3) is 5.89. The van der Waals surface area contributed by atoms with Gasteiger partial charge in [0, 0.05) is 51.4 Å². The normalized spacial score (nSPS) is 21.6. The molecule has 2 aliphatic rings. The van der Waals surface area contributed by atoms with Gasteiger partial charge in [-0.3, -0.25) is 4.79 Å². The second kappa shape index (κ2) is 12.5. The van der Waals surface area contributed by atoms with Crippen LogP contribution in [0.15, 0.2) is 29.9 Å². The summed E-state index contributed by atoms with van der Waals surface area (Å²) in [7, 11) is 0. The summed E-state index contributed by atoms with van der Waals surface area (Å²) in [6, 6.07) is 4.42. The van der Waals surface area contributed by atoms with Gasteiger partial charge in [-0.2, -0.15) is 5.10 Å². The van der Waals surface area contributed by atoms with Crippen LogP contribution in [-0.2, 0) is 16.1 Å². The number of thiazole rings is 1. The Bertz CT molecular complexity index is 1780. The predicted molar refractivity (Wildman–Crippen MR) is 177 cm³/mol. The molecule has 0 bridgehead atoms. The first-order chi connectivity index (χ1) is 21.3. The van der Waals surface area contributed by atoms with Gasteiger partial charge in [-0.25, -0.2) is 19.6 Å². The molecule has 15 heteroatoms. The number of nitrogens with two attached hydrogens (primary N) is 1. The Balaban J connectivity index is 1.07. The van der Waals surface area contributed by atoms with Crippen LogP contribution in [0.3, 0.4) is 0 Å². The van der Waals surface area contributed by atoms with E-state index in [9.17, 15) is 9.90 Å². The molecule has 5 aromatic heterocycles. The Hall–Kier alpha value is -2.92. The van der Waals surface area contributed by atoms with Gasteiger partial charge in [0.2, 0.25) is 5.91 Å². The number of nitrogens with zero attached hydrogens (tertiary/aromatic N) is 6. The molecule has 230 valence electrons. The van der Waals surface area contributed by atoms with Crippen molar-refractivity contribution in [2.24, 2.45) is 5.73 Å². The summed E-state index contributed by atoms with van der Waals surface area (Å²) in [4.78, 5) is 31.0. The van der Waals surface area contributed by atoms with E-state index in [1.54, 1.807) is 28.6 Å². The van der Waals surface area contributed by atoms with Crippen molar-refractivity contribution in [1.29, 1.82) is 0 Å². The first-order valence-corrected chi connectivity index (χ1v) is 17.5. The van der Waals surface area contributed by atoms with Crippen molar-refractivity contribution in [3.8, 4) is 10.6 Å². The summed E-state index contributed by atoms with van der Waals surface area (Å²) in [5.41, 5.74) is 7.35. The standard InChI is InChI=1S/C29H32N8O3S4/c1-15-31-11-17(12-32-15)29-34-27-25(44-29)24(26(30)39)35-37(27)13-23(38)36-6-2-7-40-14-19(36)28(41)33-18-4-3-16(9-18)21-10-22-20(43-21)5-8-42-22/h5,8,10-12,16,18-19,26,39H,2-4,6-7,9,13-14,30H2,1H3,(H,33,41)/t16?,18?,19-,26?/m0/s1. The Morgan fingerprint density at radius 1 is 1.27 bits per heavy atom. The Morgan fingerprint density at radius 3 is 2.91 bits per heavy atom. The summed E-state index contributed by atoms with van der Waals surface area (Å²) in [5, 5.41) is 21.2. The summed E-state index contributed by atoms with van der Waals surface area (Å²) < 4.78 is 10.8. The van der Waals surface area contributed by atoms with Crippen LogP contribution in [-0.4, -0.2) is 77.5 Å². The molecule has 1 aliphatic carbocycles. The number of nitrogens with one attached hydrogen (secondary N) is 1. The number of fused-ring (bicyclic) bond motifs is 2. The maximum atomic E-state index is 13.9. The quantitative estimate of drug-likeness (QED) is 0.169. The van der Waals surface area contributed by atoms with Gasteiger partial charge in [-0.1, -0.05) is 12.2 Å². The minimum absolute atomic E-state index is 0.0725. The number of aromatic nitrogens is 5. The maximum absolute atomic E-state index is 13.9. The Morgan fingerprint density at radius 2 is 2.11 bits per heavy atom. The van der Waals surface area contributed by atoms with E-state index in [0.717, 1.165) is 24.8 Å². The molecule has 0 aromatic carbocycles. The summed E-state index contributed by atoms with van der Waals surface area (Å²) in [6.45, 7) is 3.16. The van der Waals surface area contributed by atoms with Gasteiger partial charge in [0.1, 0.15) is 45.0 Å².